The highest BCUT2D eigenvalue weighted by molar-refractivity contribution is 6.01. The monoisotopic (exact) mass is 338 g/mol. The minimum absolute atomic E-state index is 0.0297. The Hall–Kier alpha value is -2.76. The van der Waals surface area contributed by atoms with E-state index in [2.05, 4.69) is 20.9 Å². The summed E-state index contributed by atoms with van der Waals surface area (Å²) >= 11 is 0. The summed E-state index contributed by atoms with van der Waals surface area (Å²) < 4.78 is 10.5. The van der Waals surface area contributed by atoms with Crippen molar-refractivity contribution in [1.82, 2.24) is 19.4 Å². The number of fused-ring (bicyclic) bond motifs is 3. The second-order valence-corrected chi connectivity index (χ2v) is 6.59. The van der Waals surface area contributed by atoms with Crippen LogP contribution in [0.1, 0.15) is 40.0 Å². The van der Waals surface area contributed by atoms with Crippen LogP contribution < -0.4 is 10.1 Å². The van der Waals surface area contributed by atoms with Gasteiger partial charge in [-0.05, 0) is 38.0 Å². The summed E-state index contributed by atoms with van der Waals surface area (Å²) in [6.07, 6.45) is 3.62. The Morgan fingerprint density at radius 1 is 1.40 bits per heavy atom. The molecule has 1 amide bonds. The van der Waals surface area contributed by atoms with Crippen LogP contribution in [0.5, 0.6) is 5.75 Å². The van der Waals surface area contributed by atoms with Gasteiger partial charge in [-0.1, -0.05) is 0 Å². The normalized spacial score (nSPS) is 16.6. The van der Waals surface area contributed by atoms with Crippen molar-refractivity contribution < 1.29 is 9.53 Å². The molecular formula is C19H22N4O2. The summed E-state index contributed by atoms with van der Waals surface area (Å²) in [5.74, 6) is 1.56. The fourth-order valence-corrected chi connectivity index (χ4v) is 3.65. The number of carbonyl (C=O) groups is 1. The summed E-state index contributed by atoms with van der Waals surface area (Å²) in [4.78, 5) is 17.1. The third-order valence-electron chi connectivity index (χ3n) is 5.16. The first kappa shape index (κ1) is 15.7. The Kier molecular flexibility index (Phi) is 3.56. The molecule has 3 aromatic rings. The van der Waals surface area contributed by atoms with Crippen molar-refractivity contribution in [2.24, 2.45) is 14.1 Å². The number of nitrogens with one attached hydrogen (secondary N) is 1. The second kappa shape index (κ2) is 5.65. The molecule has 0 saturated carbocycles. The van der Waals surface area contributed by atoms with Crippen LogP contribution in [0.3, 0.4) is 0 Å². The van der Waals surface area contributed by atoms with E-state index in [9.17, 15) is 4.79 Å². The lowest BCUT2D eigenvalue weighted by atomic mass is 9.94. The molecule has 0 saturated heterocycles. The maximum Gasteiger partial charge on any atom is 0.251 e. The summed E-state index contributed by atoms with van der Waals surface area (Å²) in [7, 11) is 5.64. The zero-order chi connectivity index (χ0) is 17.7. The van der Waals surface area contributed by atoms with Gasteiger partial charge in [0.2, 0.25) is 0 Å². The summed E-state index contributed by atoms with van der Waals surface area (Å²) in [6, 6.07) is 6.04. The van der Waals surface area contributed by atoms with Gasteiger partial charge in [-0.2, -0.15) is 0 Å². The third kappa shape index (κ3) is 2.32. The third-order valence-corrected chi connectivity index (χ3v) is 5.16. The van der Waals surface area contributed by atoms with Gasteiger partial charge in [0.1, 0.15) is 17.4 Å². The average Bonchev–Trinajstić information content (AvgIpc) is 3.17. The predicted octanol–water partition coefficient (Wildman–Crippen LogP) is 2.65. The molecular weight excluding hydrogens is 316 g/mol. The van der Waals surface area contributed by atoms with Crippen LogP contribution in [0, 0.1) is 6.92 Å². The molecule has 25 heavy (non-hydrogen) atoms. The molecule has 1 atom stereocenters. The Morgan fingerprint density at radius 3 is 2.88 bits per heavy atom. The minimum Gasteiger partial charge on any atom is -0.482 e. The van der Waals surface area contributed by atoms with Crippen molar-refractivity contribution in [3.63, 3.8) is 0 Å². The number of rotatable bonds is 2. The summed E-state index contributed by atoms with van der Waals surface area (Å²) in [5.41, 5.74) is 4.52. The summed E-state index contributed by atoms with van der Waals surface area (Å²) in [5, 5.41) is 2.74. The van der Waals surface area contributed by atoms with Crippen LogP contribution >= 0.6 is 0 Å². The highest BCUT2D eigenvalue weighted by Crippen LogP contribution is 2.41. The standard InChI is InChI=1S/C19H22N4O2/c1-11-21-17-15(23(11)4)10-13(19(24)20-2)12-7-8-16(25-18(12)17)14-6-5-9-22(14)3/h5-6,9-10,16H,7-8H2,1-4H3,(H,20,24)/t16-/m0/s1. The van der Waals surface area contributed by atoms with Gasteiger partial charge in [0.05, 0.1) is 11.2 Å². The lowest BCUT2D eigenvalue weighted by Gasteiger charge is -2.28. The molecule has 0 spiro atoms. The number of carbonyl (C=O) groups excluding carboxylic acids is 1. The second-order valence-electron chi connectivity index (χ2n) is 6.59. The maximum atomic E-state index is 12.4. The zero-order valence-corrected chi connectivity index (χ0v) is 15.0. The van der Waals surface area contributed by atoms with Crippen LogP contribution in [0.15, 0.2) is 24.4 Å². The molecule has 0 bridgehead atoms. The van der Waals surface area contributed by atoms with Gasteiger partial charge in [-0.25, -0.2) is 4.98 Å². The van der Waals surface area contributed by atoms with E-state index in [4.69, 9.17) is 4.74 Å². The topological polar surface area (TPSA) is 61.1 Å². The number of aryl methyl sites for hydroxylation is 3. The molecule has 6 heteroatoms. The molecule has 1 aliphatic rings. The van der Waals surface area contributed by atoms with Crippen LogP contribution in [0.2, 0.25) is 0 Å². The molecule has 130 valence electrons. The number of ether oxygens (including phenoxy) is 1. The van der Waals surface area contributed by atoms with E-state index < -0.39 is 0 Å². The SMILES string of the molecule is CNC(=O)c1cc2c(nc(C)n2C)c2c1CC[C@@H](c1cccn1C)O2. The van der Waals surface area contributed by atoms with Gasteiger partial charge in [0.15, 0.2) is 5.75 Å². The van der Waals surface area contributed by atoms with E-state index >= 15 is 0 Å². The first-order valence-electron chi connectivity index (χ1n) is 8.50. The van der Waals surface area contributed by atoms with Crippen molar-refractivity contribution >= 4 is 16.9 Å². The Balaban J connectivity index is 1.91. The molecule has 6 nitrogen and oxygen atoms in total. The van der Waals surface area contributed by atoms with Crippen molar-refractivity contribution in [3.05, 3.63) is 47.0 Å². The van der Waals surface area contributed by atoms with E-state index in [-0.39, 0.29) is 12.0 Å². The van der Waals surface area contributed by atoms with Gasteiger partial charge in [0, 0.05) is 38.5 Å². The molecule has 0 fully saturated rings. The molecule has 0 unspecified atom stereocenters. The quantitative estimate of drug-likeness (QED) is 0.781. The van der Waals surface area contributed by atoms with Crippen molar-refractivity contribution in [2.75, 3.05) is 7.05 Å². The van der Waals surface area contributed by atoms with Crippen LogP contribution in [-0.4, -0.2) is 27.1 Å². The average molecular weight is 338 g/mol. The number of amides is 1. The van der Waals surface area contributed by atoms with E-state index in [0.717, 1.165) is 46.7 Å². The highest BCUT2D eigenvalue weighted by Gasteiger charge is 2.30. The number of aromatic nitrogens is 3. The van der Waals surface area contributed by atoms with E-state index in [1.54, 1.807) is 7.05 Å². The van der Waals surface area contributed by atoms with Gasteiger partial charge in [0.25, 0.3) is 5.91 Å². The zero-order valence-electron chi connectivity index (χ0n) is 15.0. The van der Waals surface area contributed by atoms with Crippen LogP contribution in [0.25, 0.3) is 11.0 Å². The number of imidazole rings is 1. The first-order valence-corrected chi connectivity index (χ1v) is 8.50. The molecule has 0 aliphatic carbocycles. The molecule has 2 aromatic heterocycles. The van der Waals surface area contributed by atoms with E-state index in [1.165, 1.54) is 0 Å². The number of hydrogen-bond donors (Lipinski definition) is 1. The minimum atomic E-state index is -0.0853. The molecule has 0 radical (unpaired) electrons. The largest absolute Gasteiger partial charge is 0.482 e. The Bertz CT molecular complexity index is 983. The fourth-order valence-electron chi connectivity index (χ4n) is 3.65. The Morgan fingerprint density at radius 2 is 2.20 bits per heavy atom. The Labute approximate surface area is 146 Å². The lowest BCUT2D eigenvalue weighted by Crippen LogP contribution is -2.24. The highest BCUT2D eigenvalue weighted by atomic mass is 16.5. The van der Waals surface area contributed by atoms with Crippen molar-refractivity contribution in [1.29, 1.82) is 0 Å². The van der Waals surface area contributed by atoms with E-state index in [1.807, 2.05) is 43.9 Å². The summed E-state index contributed by atoms with van der Waals surface area (Å²) in [6.45, 7) is 1.96. The first-order chi connectivity index (χ1) is 12.0. The van der Waals surface area contributed by atoms with Gasteiger partial charge in [-0.3, -0.25) is 4.79 Å². The lowest BCUT2D eigenvalue weighted by molar-refractivity contribution is 0.0959. The van der Waals surface area contributed by atoms with Crippen molar-refractivity contribution in [3.8, 4) is 5.75 Å². The number of nitrogens with zero attached hydrogens (tertiary/aromatic N) is 3. The van der Waals surface area contributed by atoms with Crippen molar-refractivity contribution in [2.45, 2.75) is 25.9 Å². The van der Waals surface area contributed by atoms with Gasteiger partial charge < -0.3 is 19.2 Å². The van der Waals surface area contributed by atoms with Crippen LogP contribution in [0.4, 0.5) is 0 Å². The molecule has 4 rings (SSSR count). The van der Waals surface area contributed by atoms with Gasteiger partial charge >= 0.3 is 0 Å². The van der Waals surface area contributed by atoms with Crippen LogP contribution in [-0.2, 0) is 20.5 Å². The van der Waals surface area contributed by atoms with Gasteiger partial charge in [-0.15, -0.1) is 0 Å². The maximum absolute atomic E-state index is 12.4. The predicted molar refractivity (Wildman–Crippen MR) is 95.9 cm³/mol. The smallest absolute Gasteiger partial charge is 0.251 e. The molecule has 1 aromatic carbocycles. The molecule has 1 N–H and O–H groups in total. The fraction of sp³-hybridized carbons (Fsp3) is 0.368. The molecule has 3 heterocycles. The number of hydrogen-bond acceptors (Lipinski definition) is 3. The van der Waals surface area contributed by atoms with E-state index in [0.29, 0.717) is 5.56 Å². The molecule has 1 aliphatic heterocycles. The number of benzene rings is 1.